The Balaban J connectivity index is 1.77. The number of rotatable bonds is 7. The highest BCUT2D eigenvalue weighted by Crippen LogP contribution is 2.37. The molecule has 172 valence electrons. The Morgan fingerprint density at radius 3 is 2.61 bits per heavy atom. The highest BCUT2D eigenvalue weighted by atomic mass is 32.2. The van der Waals surface area contributed by atoms with Gasteiger partial charge in [-0.3, -0.25) is 4.79 Å². The average molecular weight is 464 g/mol. The van der Waals surface area contributed by atoms with Crippen molar-refractivity contribution in [3.63, 3.8) is 0 Å². The van der Waals surface area contributed by atoms with Crippen LogP contribution in [0, 0.1) is 13.8 Å². The van der Waals surface area contributed by atoms with Crippen LogP contribution in [0.15, 0.2) is 58.9 Å². The molecule has 0 bridgehead atoms. The van der Waals surface area contributed by atoms with Crippen LogP contribution in [-0.2, 0) is 4.79 Å². The first kappa shape index (κ1) is 22.9. The van der Waals surface area contributed by atoms with Gasteiger partial charge in [0.25, 0.3) is 5.91 Å². The van der Waals surface area contributed by atoms with Crippen LogP contribution in [0.25, 0.3) is 0 Å². The van der Waals surface area contributed by atoms with E-state index in [0.29, 0.717) is 23.3 Å². The molecule has 1 aliphatic heterocycles. The number of thioether (sulfide) groups is 1. The van der Waals surface area contributed by atoms with Crippen LogP contribution in [0.1, 0.15) is 43.5 Å². The van der Waals surface area contributed by atoms with Crippen LogP contribution in [0.5, 0.6) is 5.75 Å². The van der Waals surface area contributed by atoms with E-state index in [0.717, 1.165) is 39.6 Å². The molecule has 0 radical (unpaired) electrons. The Kier molecular flexibility index (Phi) is 6.74. The lowest BCUT2D eigenvalue weighted by Gasteiger charge is -2.29. The normalized spacial score (nSPS) is 15.1. The molecule has 4 rings (SSSR count). The number of hydrogen-bond acceptors (Lipinski definition) is 6. The molecule has 2 N–H and O–H groups in total. The van der Waals surface area contributed by atoms with Crippen LogP contribution >= 0.6 is 11.8 Å². The summed E-state index contributed by atoms with van der Waals surface area (Å²) < 4.78 is 7.42. The van der Waals surface area contributed by atoms with Gasteiger partial charge in [-0.2, -0.15) is 4.98 Å². The van der Waals surface area contributed by atoms with Gasteiger partial charge in [0.05, 0.1) is 12.2 Å². The van der Waals surface area contributed by atoms with Crippen molar-refractivity contribution in [2.75, 3.05) is 23.0 Å². The van der Waals surface area contributed by atoms with Crippen molar-refractivity contribution in [3.8, 4) is 5.75 Å². The molecule has 1 amide bonds. The Labute approximate surface area is 198 Å². The van der Waals surface area contributed by atoms with Gasteiger partial charge in [-0.1, -0.05) is 43.0 Å². The van der Waals surface area contributed by atoms with Gasteiger partial charge in [-0.25, -0.2) is 4.68 Å². The molecule has 1 aliphatic rings. The fourth-order valence-electron chi connectivity index (χ4n) is 3.91. The third kappa shape index (κ3) is 4.61. The van der Waals surface area contributed by atoms with Crippen LogP contribution < -0.4 is 15.4 Å². The van der Waals surface area contributed by atoms with E-state index in [1.54, 1.807) is 16.4 Å². The van der Waals surface area contributed by atoms with E-state index in [-0.39, 0.29) is 5.91 Å². The number of aryl methyl sites for hydroxylation is 1. The van der Waals surface area contributed by atoms with E-state index >= 15 is 0 Å². The Bertz CT molecular complexity index is 1200. The topological polar surface area (TPSA) is 81.1 Å². The van der Waals surface area contributed by atoms with Crippen LogP contribution in [-0.4, -0.2) is 33.0 Å². The summed E-state index contributed by atoms with van der Waals surface area (Å²) in [6, 6.07) is 13.3. The lowest BCUT2D eigenvalue weighted by Crippen LogP contribution is -2.31. The van der Waals surface area contributed by atoms with Crippen molar-refractivity contribution in [2.45, 2.75) is 45.8 Å². The highest BCUT2D eigenvalue weighted by molar-refractivity contribution is 7.99. The van der Waals surface area contributed by atoms with E-state index in [9.17, 15) is 4.79 Å². The number of carbonyl (C=O) groups excluding carboxylic acids is 1. The number of hydrogen-bond donors (Lipinski definition) is 2. The number of anilines is 2. The minimum absolute atomic E-state index is 0.168. The Morgan fingerprint density at radius 2 is 1.91 bits per heavy atom. The molecule has 2 aromatic carbocycles. The summed E-state index contributed by atoms with van der Waals surface area (Å²) in [7, 11) is 0. The first-order valence-corrected chi connectivity index (χ1v) is 12.1. The maximum atomic E-state index is 13.6. The number of allylic oxidation sites excluding steroid dienone is 1. The first-order valence-electron chi connectivity index (χ1n) is 11.1. The van der Waals surface area contributed by atoms with E-state index < -0.39 is 6.04 Å². The summed E-state index contributed by atoms with van der Waals surface area (Å²) >= 11 is 1.57. The Morgan fingerprint density at radius 1 is 1.15 bits per heavy atom. The van der Waals surface area contributed by atoms with Gasteiger partial charge < -0.3 is 15.4 Å². The summed E-state index contributed by atoms with van der Waals surface area (Å²) in [4.78, 5) is 18.3. The van der Waals surface area contributed by atoms with Crippen molar-refractivity contribution in [1.29, 1.82) is 0 Å². The van der Waals surface area contributed by atoms with Crippen molar-refractivity contribution < 1.29 is 9.53 Å². The predicted molar refractivity (Wildman–Crippen MR) is 133 cm³/mol. The molecular formula is C25H29N5O2S. The van der Waals surface area contributed by atoms with Crippen LogP contribution in [0.4, 0.5) is 11.6 Å². The van der Waals surface area contributed by atoms with E-state index in [1.807, 2.05) is 70.2 Å². The van der Waals surface area contributed by atoms with Gasteiger partial charge in [0.2, 0.25) is 11.1 Å². The van der Waals surface area contributed by atoms with Gasteiger partial charge >= 0.3 is 0 Å². The van der Waals surface area contributed by atoms with Crippen molar-refractivity contribution in [2.24, 2.45) is 0 Å². The molecule has 0 aliphatic carbocycles. The largest absolute Gasteiger partial charge is 0.494 e. The molecule has 1 aromatic heterocycles. The van der Waals surface area contributed by atoms with Crippen molar-refractivity contribution >= 4 is 29.3 Å². The zero-order valence-corrected chi connectivity index (χ0v) is 20.4. The summed E-state index contributed by atoms with van der Waals surface area (Å²) in [5.74, 6) is 2.12. The fraction of sp³-hybridized carbons (Fsp3) is 0.320. The molecule has 7 nitrogen and oxygen atoms in total. The maximum absolute atomic E-state index is 13.6. The fourth-order valence-corrected chi connectivity index (χ4v) is 4.47. The second-order valence-electron chi connectivity index (χ2n) is 7.87. The van der Waals surface area contributed by atoms with E-state index in [4.69, 9.17) is 9.84 Å². The summed E-state index contributed by atoms with van der Waals surface area (Å²) in [6.07, 6.45) is 0. The molecule has 33 heavy (non-hydrogen) atoms. The van der Waals surface area contributed by atoms with Gasteiger partial charge in [-0.05, 0) is 68.3 Å². The monoisotopic (exact) mass is 463 g/mol. The second-order valence-corrected chi connectivity index (χ2v) is 9.10. The lowest BCUT2D eigenvalue weighted by atomic mass is 9.94. The molecule has 1 unspecified atom stereocenters. The predicted octanol–water partition coefficient (Wildman–Crippen LogP) is 5.33. The SMILES string of the molecule is CCOc1ccc(C2C(C(=O)Nc3cccc(C)c3C)=C(C)Nc3nc(SCC)nn32)cc1. The number of fused-ring (bicyclic) bond motifs is 1. The van der Waals surface area contributed by atoms with Gasteiger partial charge in [0.1, 0.15) is 11.8 Å². The Hall–Kier alpha value is -3.26. The van der Waals surface area contributed by atoms with E-state index in [1.165, 1.54) is 0 Å². The van der Waals surface area contributed by atoms with Crippen molar-refractivity contribution in [1.82, 2.24) is 14.8 Å². The number of amides is 1. The maximum Gasteiger partial charge on any atom is 0.255 e. The molecule has 0 fully saturated rings. The smallest absolute Gasteiger partial charge is 0.255 e. The zero-order valence-electron chi connectivity index (χ0n) is 19.6. The molecule has 0 saturated heterocycles. The van der Waals surface area contributed by atoms with Gasteiger partial charge in [0.15, 0.2) is 0 Å². The van der Waals surface area contributed by atoms with Crippen LogP contribution in [0.2, 0.25) is 0 Å². The molecule has 1 atom stereocenters. The van der Waals surface area contributed by atoms with Crippen LogP contribution in [0.3, 0.4) is 0 Å². The summed E-state index contributed by atoms with van der Waals surface area (Å²) in [5, 5.41) is 11.8. The van der Waals surface area contributed by atoms with Gasteiger partial charge in [-0.15, -0.1) is 5.10 Å². The number of nitrogens with one attached hydrogen (secondary N) is 2. The van der Waals surface area contributed by atoms with E-state index in [2.05, 4.69) is 22.5 Å². The third-order valence-corrected chi connectivity index (χ3v) is 6.43. The minimum atomic E-state index is -0.416. The average Bonchev–Trinajstić information content (AvgIpc) is 3.19. The molecule has 0 spiro atoms. The third-order valence-electron chi connectivity index (χ3n) is 5.71. The number of nitrogens with zero attached hydrogens (tertiary/aromatic N) is 3. The molecule has 0 saturated carbocycles. The molecular weight excluding hydrogens is 434 g/mol. The standard InChI is InChI=1S/C25H29N5O2S/c1-6-32-19-13-11-18(12-14-19)22-21(23(31)27-20-10-8-9-15(3)16(20)4)17(5)26-24-28-25(33-7-2)29-30(22)24/h8-14,22H,6-7H2,1-5H3,(H,27,31)(H,26,28,29). The second kappa shape index (κ2) is 9.70. The molecule has 3 aromatic rings. The quantitative estimate of drug-likeness (QED) is 0.461. The van der Waals surface area contributed by atoms with Gasteiger partial charge in [0, 0.05) is 11.4 Å². The highest BCUT2D eigenvalue weighted by Gasteiger charge is 2.34. The zero-order chi connectivity index (χ0) is 23.5. The molecule has 8 heteroatoms. The number of carbonyl (C=O) groups is 1. The number of ether oxygens (including phenoxy) is 1. The summed E-state index contributed by atoms with van der Waals surface area (Å²) in [5.41, 5.74) is 5.27. The van der Waals surface area contributed by atoms with Crippen molar-refractivity contribution in [3.05, 3.63) is 70.4 Å². The summed E-state index contributed by atoms with van der Waals surface area (Å²) in [6.45, 7) is 10.6. The lowest BCUT2D eigenvalue weighted by molar-refractivity contribution is -0.113. The number of benzene rings is 2. The minimum Gasteiger partial charge on any atom is -0.494 e. The molecule has 2 heterocycles. The number of aromatic nitrogens is 3. The first-order chi connectivity index (χ1) is 15.9.